The summed E-state index contributed by atoms with van der Waals surface area (Å²) < 4.78 is 5.56. The van der Waals surface area contributed by atoms with Crippen molar-refractivity contribution >= 4 is 52.9 Å². The molecular weight excluding hydrogens is 483 g/mol. The second kappa shape index (κ2) is 11.7. The van der Waals surface area contributed by atoms with E-state index in [-0.39, 0.29) is 30.1 Å². The van der Waals surface area contributed by atoms with Crippen LogP contribution in [0.5, 0.6) is 0 Å². The molecule has 5 nitrogen and oxygen atoms in total. The van der Waals surface area contributed by atoms with Crippen LogP contribution < -0.4 is 10.6 Å². The Hall–Kier alpha value is -0.900. The van der Waals surface area contributed by atoms with E-state index in [9.17, 15) is 0 Å². The van der Waals surface area contributed by atoms with Crippen molar-refractivity contribution < 1.29 is 4.74 Å². The molecule has 26 heavy (non-hydrogen) atoms. The lowest BCUT2D eigenvalue weighted by molar-refractivity contribution is 0.106. The number of aliphatic imine (C=N–C) groups is 1. The van der Waals surface area contributed by atoms with Crippen molar-refractivity contribution in [2.24, 2.45) is 4.99 Å². The standard InChI is InChI=1S/C18H25ClN4OS.HI/c1-12-13(2)25-17(23-12)8-9-21-18(20-3)22-11-16(24-4)14-6-5-7-15(19)10-14;/h5-7,10,16H,8-9,11H2,1-4H3,(H2,20,21,22);1H. The van der Waals surface area contributed by atoms with E-state index in [1.165, 1.54) is 4.88 Å². The molecule has 0 saturated carbocycles. The average molecular weight is 509 g/mol. The number of benzene rings is 1. The highest BCUT2D eigenvalue weighted by molar-refractivity contribution is 14.0. The fraction of sp³-hybridized carbons (Fsp3) is 0.444. The molecule has 0 spiro atoms. The summed E-state index contributed by atoms with van der Waals surface area (Å²) in [4.78, 5) is 10.1. The Morgan fingerprint density at radius 1 is 1.35 bits per heavy atom. The lowest BCUT2D eigenvalue weighted by atomic mass is 10.1. The first-order chi connectivity index (χ1) is 12.0. The number of thiazole rings is 1. The normalized spacial score (nSPS) is 12.4. The quantitative estimate of drug-likeness (QED) is 0.335. The molecule has 144 valence electrons. The lowest BCUT2D eigenvalue weighted by Gasteiger charge is -2.19. The number of nitrogens with one attached hydrogen (secondary N) is 2. The van der Waals surface area contributed by atoms with Gasteiger partial charge >= 0.3 is 0 Å². The first-order valence-corrected chi connectivity index (χ1v) is 9.38. The zero-order valence-corrected chi connectivity index (χ0v) is 19.4. The van der Waals surface area contributed by atoms with Crippen molar-refractivity contribution in [3.8, 4) is 0 Å². The number of nitrogens with zero attached hydrogens (tertiary/aromatic N) is 2. The molecule has 8 heteroatoms. The summed E-state index contributed by atoms with van der Waals surface area (Å²) in [6.07, 6.45) is 0.781. The minimum atomic E-state index is -0.0958. The number of halogens is 2. The first kappa shape index (κ1) is 23.1. The second-order valence-electron chi connectivity index (χ2n) is 5.66. The van der Waals surface area contributed by atoms with E-state index in [1.54, 1.807) is 25.5 Å². The van der Waals surface area contributed by atoms with E-state index in [0.29, 0.717) is 11.6 Å². The number of methoxy groups -OCH3 is 1. The molecule has 2 N–H and O–H groups in total. The predicted molar refractivity (Wildman–Crippen MR) is 121 cm³/mol. The van der Waals surface area contributed by atoms with Gasteiger partial charge in [-0.2, -0.15) is 0 Å². The Morgan fingerprint density at radius 2 is 2.12 bits per heavy atom. The Bertz CT molecular complexity index is 703. The van der Waals surface area contributed by atoms with Gasteiger partial charge in [-0.1, -0.05) is 23.7 Å². The Morgan fingerprint density at radius 3 is 2.69 bits per heavy atom. The minimum absolute atomic E-state index is 0. The lowest BCUT2D eigenvalue weighted by Crippen LogP contribution is -2.40. The van der Waals surface area contributed by atoms with Gasteiger partial charge in [0.05, 0.1) is 16.8 Å². The van der Waals surface area contributed by atoms with Crippen molar-refractivity contribution in [1.29, 1.82) is 0 Å². The SMILES string of the molecule is CN=C(NCCc1nc(C)c(C)s1)NCC(OC)c1cccc(Cl)c1.I. The van der Waals surface area contributed by atoms with Gasteiger partial charge in [0, 0.05) is 43.6 Å². The molecule has 0 bridgehead atoms. The van der Waals surface area contributed by atoms with Gasteiger partial charge in [-0.15, -0.1) is 35.3 Å². The van der Waals surface area contributed by atoms with Gasteiger partial charge in [0.25, 0.3) is 0 Å². The van der Waals surface area contributed by atoms with Crippen molar-refractivity contribution in [3.63, 3.8) is 0 Å². The summed E-state index contributed by atoms with van der Waals surface area (Å²) in [5, 5.41) is 8.46. The second-order valence-corrected chi connectivity index (χ2v) is 7.38. The fourth-order valence-corrected chi connectivity index (χ4v) is 3.52. The number of rotatable bonds is 7. The van der Waals surface area contributed by atoms with E-state index in [4.69, 9.17) is 16.3 Å². The Balaban J connectivity index is 0.00000338. The average Bonchev–Trinajstić information content (AvgIpc) is 2.91. The summed E-state index contributed by atoms with van der Waals surface area (Å²) >= 11 is 7.81. The van der Waals surface area contributed by atoms with Crippen LogP contribution in [0.3, 0.4) is 0 Å². The molecule has 2 aromatic rings. The van der Waals surface area contributed by atoms with Crippen LogP contribution in [-0.2, 0) is 11.2 Å². The number of aromatic nitrogens is 1. The smallest absolute Gasteiger partial charge is 0.191 e. The zero-order valence-electron chi connectivity index (χ0n) is 15.5. The molecule has 0 radical (unpaired) electrons. The summed E-state index contributed by atoms with van der Waals surface area (Å²) in [5.41, 5.74) is 2.15. The molecule has 1 heterocycles. The highest BCUT2D eigenvalue weighted by Gasteiger charge is 2.12. The van der Waals surface area contributed by atoms with Gasteiger partial charge in [0.2, 0.25) is 0 Å². The van der Waals surface area contributed by atoms with Crippen LogP contribution in [0.4, 0.5) is 0 Å². The number of hydrogen-bond acceptors (Lipinski definition) is 4. The van der Waals surface area contributed by atoms with Crippen molar-refractivity contribution in [2.75, 3.05) is 27.2 Å². The molecule has 0 aliphatic carbocycles. The van der Waals surface area contributed by atoms with Gasteiger partial charge in [0.1, 0.15) is 0 Å². The third kappa shape index (κ3) is 7.02. The third-order valence-electron chi connectivity index (χ3n) is 3.89. The molecule has 0 saturated heterocycles. The molecule has 1 aromatic carbocycles. The summed E-state index contributed by atoms with van der Waals surface area (Å²) in [6.45, 7) is 5.53. The van der Waals surface area contributed by atoms with Crippen LogP contribution in [0.15, 0.2) is 29.3 Å². The minimum Gasteiger partial charge on any atom is -0.375 e. The van der Waals surface area contributed by atoms with Gasteiger partial charge in [-0.25, -0.2) is 4.98 Å². The zero-order chi connectivity index (χ0) is 18.2. The maximum absolute atomic E-state index is 6.06. The summed E-state index contributed by atoms with van der Waals surface area (Å²) in [5.74, 6) is 0.745. The molecule has 0 aliphatic rings. The van der Waals surface area contributed by atoms with Gasteiger partial charge in [-0.3, -0.25) is 4.99 Å². The molecule has 0 fully saturated rings. The molecule has 1 atom stereocenters. The van der Waals surface area contributed by atoms with Crippen LogP contribution in [0, 0.1) is 13.8 Å². The number of hydrogen-bond donors (Lipinski definition) is 2. The van der Waals surface area contributed by atoms with Crippen molar-refractivity contribution in [3.05, 3.63) is 50.4 Å². The van der Waals surface area contributed by atoms with E-state index < -0.39 is 0 Å². The highest BCUT2D eigenvalue weighted by Crippen LogP contribution is 2.19. The first-order valence-electron chi connectivity index (χ1n) is 8.19. The maximum Gasteiger partial charge on any atom is 0.191 e. The molecular formula is C18H26ClIN4OS. The van der Waals surface area contributed by atoms with E-state index in [1.807, 2.05) is 31.2 Å². The van der Waals surface area contributed by atoms with E-state index in [2.05, 4.69) is 27.5 Å². The van der Waals surface area contributed by atoms with Crippen LogP contribution in [0.2, 0.25) is 5.02 Å². The third-order valence-corrected chi connectivity index (χ3v) is 5.26. The van der Waals surface area contributed by atoms with E-state index >= 15 is 0 Å². The van der Waals surface area contributed by atoms with Gasteiger partial charge < -0.3 is 15.4 Å². The molecule has 2 rings (SSSR count). The Labute approximate surface area is 181 Å². The van der Waals surface area contributed by atoms with Crippen molar-refractivity contribution in [1.82, 2.24) is 15.6 Å². The Kier molecular flexibility index (Phi) is 10.4. The van der Waals surface area contributed by atoms with Crippen LogP contribution in [-0.4, -0.2) is 38.2 Å². The monoisotopic (exact) mass is 508 g/mol. The predicted octanol–water partition coefficient (Wildman–Crippen LogP) is 4.13. The van der Waals surface area contributed by atoms with E-state index in [0.717, 1.165) is 35.2 Å². The number of guanidine groups is 1. The number of aryl methyl sites for hydroxylation is 2. The molecule has 1 unspecified atom stereocenters. The number of ether oxygens (including phenoxy) is 1. The van der Waals surface area contributed by atoms with Gasteiger partial charge in [0.15, 0.2) is 5.96 Å². The molecule has 1 aromatic heterocycles. The summed E-state index contributed by atoms with van der Waals surface area (Å²) in [7, 11) is 3.45. The van der Waals surface area contributed by atoms with Gasteiger partial charge in [-0.05, 0) is 31.5 Å². The fourth-order valence-electron chi connectivity index (χ4n) is 2.39. The van der Waals surface area contributed by atoms with Crippen LogP contribution >= 0.6 is 46.9 Å². The van der Waals surface area contributed by atoms with Crippen molar-refractivity contribution in [2.45, 2.75) is 26.4 Å². The summed E-state index contributed by atoms with van der Waals surface area (Å²) in [6, 6.07) is 7.70. The largest absolute Gasteiger partial charge is 0.375 e. The van der Waals surface area contributed by atoms with Crippen LogP contribution in [0.1, 0.15) is 27.2 Å². The topological polar surface area (TPSA) is 58.5 Å². The molecule has 0 aliphatic heterocycles. The highest BCUT2D eigenvalue weighted by atomic mass is 127. The molecule has 0 amide bonds. The maximum atomic E-state index is 6.06. The van der Waals surface area contributed by atoms with Crippen LogP contribution in [0.25, 0.3) is 0 Å².